The molecule has 6 heteroatoms. The number of carbonyl (C=O) groups is 1. The fraction of sp³-hybridized carbons (Fsp3) is 0.300. The van der Waals surface area contributed by atoms with Crippen molar-refractivity contribution in [2.75, 3.05) is 6.54 Å². The maximum atomic E-state index is 12.7. The molecule has 4 rings (SSSR count). The van der Waals surface area contributed by atoms with Crippen LogP contribution >= 0.6 is 0 Å². The molecule has 3 aromatic rings. The summed E-state index contributed by atoms with van der Waals surface area (Å²) in [5.74, 6) is 0. The van der Waals surface area contributed by atoms with Gasteiger partial charge in [0.05, 0.1) is 17.4 Å². The lowest BCUT2D eigenvalue weighted by Gasteiger charge is -2.34. The van der Waals surface area contributed by atoms with E-state index in [0.717, 1.165) is 30.0 Å². The molecule has 1 N–H and O–H groups in total. The number of fused-ring (bicyclic) bond motifs is 1. The van der Waals surface area contributed by atoms with E-state index >= 15 is 0 Å². The smallest absolute Gasteiger partial charge is 0.318 e. The highest BCUT2D eigenvalue weighted by Gasteiger charge is 2.27. The summed E-state index contributed by atoms with van der Waals surface area (Å²) in [6, 6.07) is 14.1. The Labute approximate surface area is 153 Å². The van der Waals surface area contributed by atoms with Gasteiger partial charge in [-0.05, 0) is 38.1 Å². The van der Waals surface area contributed by atoms with Crippen LogP contribution in [-0.4, -0.2) is 31.8 Å². The van der Waals surface area contributed by atoms with E-state index in [0.29, 0.717) is 6.54 Å². The average molecular weight is 349 g/mol. The first kappa shape index (κ1) is 16.4. The Morgan fingerprint density at radius 1 is 1.19 bits per heavy atom. The highest BCUT2D eigenvalue weighted by molar-refractivity contribution is 5.74. The van der Waals surface area contributed by atoms with Gasteiger partial charge in [-0.2, -0.15) is 5.10 Å². The Morgan fingerprint density at radius 3 is 2.81 bits per heavy atom. The number of benzene rings is 1. The normalized spacial score (nSPS) is 16.4. The highest BCUT2D eigenvalue weighted by atomic mass is 16.2. The summed E-state index contributed by atoms with van der Waals surface area (Å²) < 4.78 is 4.07. The number of amides is 2. The molecule has 6 nitrogen and oxygen atoms in total. The minimum atomic E-state index is -0.0307. The zero-order chi connectivity index (χ0) is 18.1. The first-order valence-electron chi connectivity index (χ1n) is 8.93. The van der Waals surface area contributed by atoms with E-state index in [9.17, 15) is 4.79 Å². The third-order valence-electron chi connectivity index (χ3n) is 5.05. The molecule has 0 spiro atoms. The van der Waals surface area contributed by atoms with Crippen molar-refractivity contribution in [1.29, 1.82) is 0 Å². The van der Waals surface area contributed by atoms with Gasteiger partial charge < -0.3 is 14.8 Å². The predicted molar refractivity (Wildman–Crippen MR) is 100 cm³/mol. The molecule has 0 saturated carbocycles. The number of rotatable bonds is 3. The number of aryl methyl sites for hydroxylation is 1. The molecule has 2 aromatic heterocycles. The van der Waals surface area contributed by atoms with E-state index in [1.54, 1.807) is 0 Å². The average Bonchev–Trinajstić information content (AvgIpc) is 3.28. The van der Waals surface area contributed by atoms with Gasteiger partial charge in [-0.1, -0.05) is 18.2 Å². The first-order chi connectivity index (χ1) is 12.6. The number of carbonyl (C=O) groups excluding carboxylic acids is 1. The molecule has 0 saturated heterocycles. The van der Waals surface area contributed by atoms with Crippen LogP contribution in [0.15, 0.2) is 54.9 Å². The van der Waals surface area contributed by atoms with Crippen molar-refractivity contribution >= 4 is 6.03 Å². The highest BCUT2D eigenvalue weighted by Crippen LogP contribution is 2.25. The summed E-state index contributed by atoms with van der Waals surface area (Å²) in [6.07, 6.45) is 4.05. The minimum absolute atomic E-state index is 0.0307. The minimum Gasteiger partial charge on any atom is -0.348 e. The van der Waals surface area contributed by atoms with Crippen LogP contribution in [0.4, 0.5) is 4.79 Å². The summed E-state index contributed by atoms with van der Waals surface area (Å²) in [5, 5.41) is 7.61. The van der Waals surface area contributed by atoms with Gasteiger partial charge in [0.2, 0.25) is 0 Å². The monoisotopic (exact) mass is 349 g/mol. The predicted octanol–water partition coefficient (Wildman–Crippen LogP) is 3.27. The van der Waals surface area contributed by atoms with Crippen LogP contribution in [0, 0.1) is 6.92 Å². The van der Waals surface area contributed by atoms with Gasteiger partial charge in [0.25, 0.3) is 0 Å². The van der Waals surface area contributed by atoms with Crippen LogP contribution in [0.3, 0.4) is 0 Å². The van der Waals surface area contributed by atoms with Crippen LogP contribution in [0.1, 0.15) is 29.9 Å². The van der Waals surface area contributed by atoms with Crippen molar-refractivity contribution in [1.82, 2.24) is 24.6 Å². The van der Waals surface area contributed by atoms with E-state index < -0.39 is 0 Å². The van der Waals surface area contributed by atoms with Crippen molar-refractivity contribution in [3.63, 3.8) is 0 Å². The van der Waals surface area contributed by atoms with Gasteiger partial charge in [-0.25, -0.2) is 9.48 Å². The number of para-hydroxylation sites is 1. The molecule has 2 amide bonds. The standard InChI is InChI=1S/C20H23N5O/c1-15-17(14-25(22-15)18-7-4-3-5-8-18)13-21-20(26)24-12-11-23-10-6-9-19(23)16(24)2/h3-10,14,16H,11-13H2,1-2H3,(H,21,26)/t16-/m1/s1. The molecule has 0 radical (unpaired) electrons. The summed E-state index contributed by atoms with van der Waals surface area (Å²) in [7, 11) is 0. The second kappa shape index (κ2) is 6.71. The number of nitrogens with one attached hydrogen (secondary N) is 1. The number of hydrogen-bond donors (Lipinski definition) is 1. The maximum Gasteiger partial charge on any atom is 0.318 e. The Kier molecular flexibility index (Phi) is 4.24. The summed E-state index contributed by atoms with van der Waals surface area (Å²) in [6.45, 7) is 6.07. The van der Waals surface area contributed by atoms with Gasteiger partial charge in [-0.15, -0.1) is 0 Å². The maximum absolute atomic E-state index is 12.7. The number of urea groups is 1. The van der Waals surface area contributed by atoms with Crippen LogP contribution < -0.4 is 5.32 Å². The summed E-state index contributed by atoms with van der Waals surface area (Å²) in [4.78, 5) is 14.6. The number of nitrogens with zero attached hydrogens (tertiary/aromatic N) is 4. The Bertz CT molecular complexity index is 911. The molecule has 1 aliphatic rings. The quantitative estimate of drug-likeness (QED) is 0.789. The van der Waals surface area contributed by atoms with Crippen molar-refractivity contribution in [3.8, 4) is 5.69 Å². The molecule has 3 heterocycles. The van der Waals surface area contributed by atoms with E-state index in [2.05, 4.69) is 34.2 Å². The van der Waals surface area contributed by atoms with Gasteiger partial charge in [0.15, 0.2) is 0 Å². The zero-order valence-corrected chi connectivity index (χ0v) is 15.1. The van der Waals surface area contributed by atoms with Gasteiger partial charge >= 0.3 is 6.03 Å². The summed E-state index contributed by atoms with van der Waals surface area (Å²) in [5.41, 5.74) is 4.14. The molecule has 134 valence electrons. The van der Waals surface area contributed by atoms with E-state index in [-0.39, 0.29) is 12.1 Å². The topological polar surface area (TPSA) is 55.1 Å². The fourth-order valence-corrected chi connectivity index (χ4v) is 3.51. The van der Waals surface area contributed by atoms with Gasteiger partial charge in [0.1, 0.15) is 0 Å². The van der Waals surface area contributed by atoms with Crippen LogP contribution in [-0.2, 0) is 13.1 Å². The lowest BCUT2D eigenvalue weighted by Crippen LogP contribution is -2.45. The van der Waals surface area contributed by atoms with E-state index in [4.69, 9.17) is 0 Å². The Hall–Kier alpha value is -3.02. The van der Waals surface area contributed by atoms with Crippen molar-refractivity contribution in [3.05, 3.63) is 71.8 Å². The lowest BCUT2D eigenvalue weighted by atomic mass is 10.1. The van der Waals surface area contributed by atoms with Gasteiger partial charge in [0, 0.05) is 43.3 Å². The number of hydrogen-bond acceptors (Lipinski definition) is 2. The van der Waals surface area contributed by atoms with E-state index in [1.807, 2.05) is 59.1 Å². The lowest BCUT2D eigenvalue weighted by molar-refractivity contribution is 0.162. The van der Waals surface area contributed by atoms with Crippen molar-refractivity contribution < 1.29 is 4.79 Å². The Balaban J connectivity index is 1.43. The first-order valence-corrected chi connectivity index (χ1v) is 8.93. The van der Waals surface area contributed by atoms with Crippen molar-refractivity contribution in [2.45, 2.75) is 33.0 Å². The Morgan fingerprint density at radius 2 is 2.00 bits per heavy atom. The molecule has 0 aliphatic carbocycles. The third-order valence-corrected chi connectivity index (χ3v) is 5.05. The van der Waals surface area contributed by atoms with Crippen LogP contribution in [0.2, 0.25) is 0 Å². The molecule has 1 atom stereocenters. The molecule has 26 heavy (non-hydrogen) atoms. The second-order valence-corrected chi connectivity index (χ2v) is 6.67. The van der Waals surface area contributed by atoms with E-state index in [1.165, 1.54) is 5.69 Å². The molecule has 0 fully saturated rings. The van der Waals surface area contributed by atoms with Gasteiger partial charge in [-0.3, -0.25) is 0 Å². The molecular weight excluding hydrogens is 326 g/mol. The third kappa shape index (κ3) is 2.98. The molecule has 0 unspecified atom stereocenters. The van der Waals surface area contributed by atoms with Crippen molar-refractivity contribution in [2.24, 2.45) is 0 Å². The second-order valence-electron chi connectivity index (χ2n) is 6.67. The fourth-order valence-electron chi connectivity index (χ4n) is 3.51. The molecular formula is C20H23N5O. The number of aromatic nitrogens is 3. The van der Waals surface area contributed by atoms with Crippen LogP contribution in [0.25, 0.3) is 5.69 Å². The molecule has 1 aromatic carbocycles. The van der Waals surface area contributed by atoms with Crippen LogP contribution in [0.5, 0.6) is 0 Å². The molecule has 1 aliphatic heterocycles. The SMILES string of the molecule is Cc1nn(-c2ccccc2)cc1CNC(=O)N1CCn2cccc2[C@H]1C. The zero-order valence-electron chi connectivity index (χ0n) is 15.1. The largest absolute Gasteiger partial charge is 0.348 e. The molecule has 0 bridgehead atoms. The summed E-state index contributed by atoms with van der Waals surface area (Å²) >= 11 is 0.